The van der Waals surface area contributed by atoms with Gasteiger partial charge in [-0.2, -0.15) is 0 Å². The zero-order valence-corrected chi connectivity index (χ0v) is 7.86. The number of allylic oxidation sites excluding steroid dienone is 2. The molecule has 3 atom stereocenters. The molecule has 0 aromatic heterocycles. The Balaban J connectivity index is 2.01. The molecule has 0 amide bonds. The summed E-state index contributed by atoms with van der Waals surface area (Å²) in [5.74, 6) is -0.519. The van der Waals surface area contributed by atoms with Crippen molar-refractivity contribution < 1.29 is 14.3 Å². The van der Waals surface area contributed by atoms with Gasteiger partial charge in [-0.3, -0.25) is 9.59 Å². The number of esters is 2. The van der Waals surface area contributed by atoms with Gasteiger partial charge in [-0.15, -0.1) is 0 Å². The van der Waals surface area contributed by atoms with Gasteiger partial charge in [0, 0.05) is 0 Å². The van der Waals surface area contributed by atoms with Crippen LogP contribution in [0.3, 0.4) is 0 Å². The monoisotopic (exact) mass is 192 g/mol. The van der Waals surface area contributed by atoms with Gasteiger partial charge in [0.15, 0.2) is 0 Å². The van der Waals surface area contributed by atoms with Gasteiger partial charge in [0.2, 0.25) is 0 Å². The average Bonchev–Trinajstić information content (AvgIpc) is 2.40. The van der Waals surface area contributed by atoms with E-state index in [0.29, 0.717) is 5.92 Å². The normalized spacial score (nSPS) is 40.3. The zero-order chi connectivity index (χ0) is 9.71. The summed E-state index contributed by atoms with van der Waals surface area (Å²) >= 11 is 0. The largest absolute Gasteiger partial charge is 0.393 e. The number of cyclic esters (lactones) is 2. The third-order valence-electron chi connectivity index (χ3n) is 3.75. The van der Waals surface area contributed by atoms with Crippen molar-refractivity contribution in [1.82, 2.24) is 0 Å². The van der Waals surface area contributed by atoms with Gasteiger partial charge in [-0.25, -0.2) is 0 Å². The zero-order valence-electron chi connectivity index (χ0n) is 7.86. The fourth-order valence-corrected chi connectivity index (χ4v) is 2.99. The van der Waals surface area contributed by atoms with Crippen LogP contribution >= 0.6 is 0 Å². The maximum Gasteiger partial charge on any atom is 0.317 e. The molecule has 74 valence electrons. The third-order valence-corrected chi connectivity index (χ3v) is 3.75. The lowest BCUT2D eigenvalue weighted by Gasteiger charge is -2.20. The van der Waals surface area contributed by atoms with Crippen LogP contribution in [0.4, 0.5) is 0 Å². The van der Waals surface area contributed by atoms with Crippen LogP contribution in [0.5, 0.6) is 0 Å². The van der Waals surface area contributed by atoms with E-state index in [1.54, 1.807) is 0 Å². The van der Waals surface area contributed by atoms with Crippen molar-refractivity contribution in [3.05, 3.63) is 11.6 Å². The Morgan fingerprint density at radius 1 is 1.29 bits per heavy atom. The van der Waals surface area contributed by atoms with Gasteiger partial charge < -0.3 is 4.74 Å². The maximum absolute atomic E-state index is 11.5. The number of ether oxygens (including phenoxy) is 1. The number of carbonyl (C=O) groups is 2. The average molecular weight is 192 g/mol. The lowest BCUT2D eigenvalue weighted by Crippen LogP contribution is -2.23. The first kappa shape index (κ1) is 8.21. The summed E-state index contributed by atoms with van der Waals surface area (Å²) in [4.78, 5) is 22.9. The molecule has 0 aromatic rings. The van der Waals surface area contributed by atoms with Crippen LogP contribution in [0, 0.1) is 17.8 Å². The molecule has 2 fully saturated rings. The van der Waals surface area contributed by atoms with E-state index in [1.807, 2.05) is 0 Å². The highest BCUT2D eigenvalue weighted by molar-refractivity contribution is 5.97. The first-order valence-electron chi connectivity index (χ1n) is 5.19. The second kappa shape index (κ2) is 2.69. The number of rotatable bonds is 0. The number of hydrogen-bond donors (Lipinski definition) is 0. The lowest BCUT2D eigenvalue weighted by atomic mass is 9.81. The molecule has 1 aliphatic heterocycles. The molecule has 1 saturated heterocycles. The fraction of sp³-hybridized carbons (Fsp3) is 0.636. The molecule has 2 bridgehead atoms. The van der Waals surface area contributed by atoms with Gasteiger partial charge in [0.25, 0.3) is 0 Å². The van der Waals surface area contributed by atoms with Crippen LogP contribution in [0.1, 0.15) is 25.7 Å². The highest BCUT2D eigenvalue weighted by atomic mass is 16.6. The third kappa shape index (κ3) is 0.982. The SMILES string of the molecule is O=C1OC(=O)[C@H]2C1CC1=CC[C@H]2CC1. The highest BCUT2D eigenvalue weighted by Gasteiger charge is 2.50. The molecule has 3 nitrogen and oxygen atoms in total. The van der Waals surface area contributed by atoms with Gasteiger partial charge >= 0.3 is 11.9 Å². The molecule has 14 heavy (non-hydrogen) atoms. The Bertz CT molecular complexity index is 342. The second-order valence-electron chi connectivity index (χ2n) is 4.47. The van der Waals surface area contributed by atoms with Crippen molar-refractivity contribution in [2.45, 2.75) is 25.7 Å². The minimum Gasteiger partial charge on any atom is -0.393 e. The van der Waals surface area contributed by atoms with Crippen molar-refractivity contribution in [1.29, 1.82) is 0 Å². The van der Waals surface area contributed by atoms with E-state index >= 15 is 0 Å². The molecule has 0 spiro atoms. The van der Waals surface area contributed by atoms with Crippen LogP contribution < -0.4 is 0 Å². The summed E-state index contributed by atoms with van der Waals surface area (Å²) < 4.78 is 4.71. The summed E-state index contributed by atoms with van der Waals surface area (Å²) in [6.45, 7) is 0. The van der Waals surface area contributed by atoms with Gasteiger partial charge in [0.05, 0.1) is 11.8 Å². The standard InChI is InChI=1S/C11H12O3/c12-10-8-5-6-1-3-7(4-2-6)9(8)11(13)14-10/h1,7-9H,2-5H2/t7-,8?,9+/m0/s1. The van der Waals surface area contributed by atoms with E-state index in [4.69, 9.17) is 4.74 Å². The summed E-state index contributed by atoms with van der Waals surface area (Å²) in [6.07, 6.45) is 6.05. The van der Waals surface area contributed by atoms with E-state index in [2.05, 4.69) is 6.08 Å². The van der Waals surface area contributed by atoms with E-state index in [9.17, 15) is 9.59 Å². The van der Waals surface area contributed by atoms with Crippen molar-refractivity contribution >= 4 is 11.9 Å². The summed E-state index contributed by atoms with van der Waals surface area (Å²) in [5, 5.41) is 0. The molecule has 1 unspecified atom stereocenters. The Morgan fingerprint density at radius 3 is 2.86 bits per heavy atom. The van der Waals surface area contributed by atoms with Crippen molar-refractivity contribution in [2.24, 2.45) is 17.8 Å². The Morgan fingerprint density at radius 2 is 2.14 bits per heavy atom. The first-order valence-corrected chi connectivity index (χ1v) is 5.19. The smallest absolute Gasteiger partial charge is 0.317 e. The fourth-order valence-electron chi connectivity index (χ4n) is 2.99. The molecule has 3 aliphatic carbocycles. The van der Waals surface area contributed by atoms with Crippen LogP contribution in [0.2, 0.25) is 0 Å². The van der Waals surface area contributed by atoms with Crippen molar-refractivity contribution in [2.75, 3.05) is 0 Å². The molecule has 3 heteroatoms. The summed E-state index contributed by atoms with van der Waals surface area (Å²) in [6, 6.07) is 0. The summed E-state index contributed by atoms with van der Waals surface area (Å²) in [7, 11) is 0. The molecule has 4 rings (SSSR count). The van der Waals surface area contributed by atoms with Crippen LogP contribution in [-0.2, 0) is 14.3 Å². The van der Waals surface area contributed by atoms with E-state index in [1.165, 1.54) is 5.57 Å². The topological polar surface area (TPSA) is 43.4 Å². The minimum absolute atomic E-state index is 0.140. The molecular formula is C11H12O3. The predicted octanol–water partition coefficient (Wildman–Crippen LogP) is 1.43. The van der Waals surface area contributed by atoms with Crippen LogP contribution in [0.15, 0.2) is 11.6 Å². The van der Waals surface area contributed by atoms with E-state index < -0.39 is 0 Å². The minimum atomic E-state index is -0.292. The van der Waals surface area contributed by atoms with Gasteiger partial charge in [-0.1, -0.05) is 11.6 Å². The van der Waals surface area contributed by atoms with Crippen molar-refractivity contribution in [3.8, 4) is 0 Å². The molecule has 0 N–H and O–H groups in total. The number of carbonyl (C=O) groups excluding carboxylic acids is 2. The van der Waals surface area contributed by atoms with E-state index in [0.717, 1.165) is 25.7 Å². The number of hydrogen-bond acceptors (Lipinski definition) is 3. The number of fused-ring (bicyclic) bond motifs is 2. The molecular weight excluding hydrogens is 180 g/mol. The van der Waals surface area contributed by atoms with E-state index in [-0.39, 0.29) is 23.8 Å². The molecule has 1 saturated carbocycles. The Labute approximate surface area is 82.1 Å². The van der Waals surface area contributed by atoms with Crippen LogP contribution in [0.25, 0.3) is 0 Å². The molecule has 0 radical (unpaired) electrons. The predicted molar refractivity (Wildman–Crippen MR) is 48.1 cm³/mol. The van der Waals surface area contributed by atoms with Gasteiger partial charge in [-0.05, 0) is 31.6 Å². The second-order valence-corrected chi connectivity index (χ2v) is 4.47. The van der Waals surface area contributed by atoms with Crippen LogP contribution in [-0.4, -0.2) is 11.9 Å². The Hall–Kier alpha value is -1.12. The maximum atomic E-state index is 11.5. The molecule has 4 aliphatic rings. The highest BCUT2D eigenvalue weighted by Crippen LogP contribution is 2.45. The lowest BCUT2D eigenvalue weighted by molar-refractivity contribution is -0.154. The summed E-state index contributed by atoms with van der Waals surface area (Å²) in [5.41, 5.74) is 1.35. The first-order chi connectivity index (χ1) is 6.75. The molecule has 1 heterocycles. The van der Waals surface area contributed by atoms with Gasteiger partial charge in [0.1, 0.15) is 0 Å². The Kier molecular flexibility index (Phi) is 1.58. The van der Waals surface area contributed by atoms with Crippen molar-refractivity contribution in [3.63, 3.8) is 0 Å². The molecule has 0 aromatic carbocycles. The quantitative estimate of drug-likeness (QED) is 0.331.